The largest absolute Gasteiger partial charge is 0.378 e. The van der Waals surface area contributed by atoms with Crippen LogP contribution in [-0.2, 0) is 11.3 Å². The number of aromatic nitrogens is 2. The molecule has 0 saturated carbocycles. The summed E-state index contributed by atoms with van der Waals surface area (Å²) < 4.78 is 33.5. The molecular weight excluding hydrogens is 492 g/mol. The zero-order valence-electron chi connectivity index (χ0n) is 20.8. The molecule has 0 bridgehead atoms. The third-order valence-corrected chi connectivity index (χ3v) is 9.16. The topological polar surface area (TPSA) is 47.6 Å². The zero-order chi connectivity index (χ0) is 25.0. The number of nitrogens with one attached hydrogen (secondary N) is 1. The summed E-state index contributed by atoms with van der Waals surface area (Å²) in [7, 11) is 0. The lowest BCUT2D eigenvalue weighted by Gasteiger charge is -2.46. The molecule has 9 heteroatoms. The van der Waals surface area contributed by atoms with Crippen molar-refractivity contribution in [2.45, 2.75) is 31.4 Å². The van der Waals surface area contributed by atoms with Crippen molar-refractivity contribution in [3.05, 3.63) is 48.3 Å². The van der Waals surface area contributed by atoms with Crippen LogP contribution in [0.4, 0.5) is 14.6 Å². The van der Waals surface area contributed by atoms with Gasteiger partial charge in [0.25, 0.3) is 5.92 Å². The summed E-state index contributed by atoms with van der Waals surface area (Å²) in [5, 5.41) is 2.44. The minimum Gasteiger partial charge on any atom is -0.378 e. The highest BCUT2D eigenvalue weighted by Crippen LogP contribution is 2.41. The van der Waals surface area contributed by atoms with Gasteiger partial charge in [0, 0.05) is 76.4 Å². The summed E-state index contributed by atoms with van der Waals surface area (Å²) in [5.41, 5.74) is 3.47. The summed E-state index contributed by atoms with van der Waals surface area (Å²) in [6.45, 7) is 5.61. The van der Waals surface area contributed by atoms with Crippen molar-refractivity contribution in [2.24, 2.45) is 0 Å². The maximum atomic E-state index is 13.3. The molecule has 3 aliphatic rings. The van der Waals surface area contributed by atoms with E-state index in [1.54, 1.807) is 0 Å². The van der Waals surface area contributed by atoms with Crippen LogP contribution in [0.1, 0.15) is 18.5 Å². The number of halogens is 2. The van der Waals surface area contributed by atoms with Crippen LogP contribution in [0.5, 0.6) is 0 Å². The van der Waals surface area contributed by atoms with Gasteiger partial charge in [0.2, 0.25) is 0 Å². The number of benzene rings is 1. The molecular formula is C28H31F2N5OS. The molecule has 3 fully saturated rings. The van der Waals surface area contributed by atoms with E-state index in [0.717, 1.165) is 75.8 Å². The normalized spacial score (nSPS) is 21.6. The first-order chi connectivity index (χ1) is 18.0. The van der Waals surface area contributed by atoms with Crippen LogP contribution in [0, 0.1) is 0 Å². The van der Waals surface area contributed by atoms with Gasteiger partial charge in [0.15, 0.2) is 0 Å². The second kappa shape index (κ2) is 9.31. The third-order valence-electron chi connectivity index (χ3n) is 8.05. The van der Waals surface area contributed by atoms with Crippen molar-refractivity contribution >= 4 is 38.1 Å². The Balaban J connectivity index is 1.17. The standard InChI is InChI=1S/C28H31F2N5OS/c29-28(30)17-35(18-28)20-5-8-33(9-6-20)16-19-14-25-23(27(32-19)34-10-12-36-13-11-34)15-26(37-25)22-2-1-3-24-21(22)4-7-31-24/h1-4,7,14-15,20,31H,5-6,8-13,16-18H2. The quantitative estimate of drug-likeness (QED) is 0.390. The number of thiophene rings is 1. The minimum absolute atomic E-state index is 0.0734. The van der Waals surface area contributed by atoms with Crippen molar-refractivity contribution in [1.82, 2.24) is 19.8 Å². The van der Waals surface area contributed by atoms with Crippen molar-refractivity contribution in [3.63, 3.8) is 0 Å². The van der Waals surface area contributed by atoms with E-state index in [0.29, 0.717) is 0 Å². The number of hydrogen-bond donors (Lipinski definition) is 1. The lowest BCUT2D eigenvalue weighted by molar-refractivity contribution is -0.151. The minimum atomic E-state index is -2.49. The highest BCUT2D eigenvalue weighted by atomic mass is 32.1. The fourth-order valence-electron chi connectivity index (χ4n) is 6.07. The van der Waals surface area contributed by atoms with E-state index in [1.807, 2.05) is 22.4 Å². The summed E-state index contributed by atoms with van der Waals surface area (Å²) in [5.74, 6) is -1.43. The summed E-state index contributed by atoms with van der Waals surface area (Å²) >= 11 is 1.83. The Morgan fingerprint density at radius 1 is 1.03 bits per heavy atom. The van der Waals surface area contributed by atoms with Crippen LogP contribution in [0.15, 0.2) is 42.6 Å². The molecule has 6 heterocycles. The Kier molecular flexibility index (Phi) is 5.92. The van der Waals surface area contributed by atoms with E-state index in [2.05, 4.69) is 51.2 Å². The van der Waals surface area contributed by atoms with Gasteiger partial charge in [-0.25, -0.2) is 13.8 Å². The van der Waals surface area contributed by atoms with Crippen LogP contribution >= 0.6 is 11.3 Å². The number of alkyl halides is 2. The van der Waals surface area contributed by atoms with Crippen LogP contribution in [0.3, 0.4) is 0 Å². The Hall–Kier alpha value is -2.59. The third kappa shape index (κ3) is 4.52. The van der Waals surface area contributed by atoms with Gasteiger partial charge in [-0.2, -0.15) is 0 Å². The monoisotopic (exact) mass is 523 g/mol. The number of nitrogens with zero attached hydrogens (tertiary/aromatic N) is 4. The average molecular weight is 524 g/mol. The van der Waals surface area contributed by atoms with Gasteiger partial charge in [-0.15, -0.1) is 11.3 Å². The van der Waals surface area contributed by atoms with Gasteiger partial charge in [-0.3, -0.25) is 9.80 Å². The molecule has 0 radical (unpaired) electrons. The lowest BCUT2D eigenvalue weighted by atomic mass is 9.98. The number of piperidine rings is 1. The fourth-order valence-corrected chi connectivity index (χ4v) is 7.23. The molecule has 194 valence electrons. The van der Waals surface area contributed by atoms with E-state index in [4.69, 9.17) is 9.72 Å². The molecule has 4 aromatic rings. The lowest BCUT2D eigenvalue weighted by Crippen LogP contribution is -2.61. The molecule has 3 aliphatic heterocycles. The molecule has 1 aromatic carbocycles. The summed E-state index contributed by atoms with van der Waals surface area (Å²) in [6, 6.07) is 13.4. The number of hydrogen-bond acceptors (Lipinski definition) is 6. The molecule has 1 N–H and O–H groups in total. The molecule has 3 saturated heterocycles. The molecule has 0 unspecified atom stereocenters. The fraction of sp³-hybridized carbons (Fsp3) is 0.464. The average Bonchev–Trinajstić information content (AvgIpc) is 3.55. The maximum Gasteiger partial charge on any atom is 0.272 e. The molecule has 0 aliphatic carbocycles. The van der Waals surface area contributed by atoms with E-state index in [1.165, 1.54) is 25.9 Å². The summed E-state index contributed by atoms with van der Waals surface area (Å²) in [6.07, 6.45) is 3.88. The van der Waals surface area contributed by atoms with Crippen molar-refractivity contribution in [2.75, 3.05) is 57.4 Å². The van der Waals surface area contributed by atoms with Crippen molar-refractivity contribution in [1.29, 1.82) is 0 Å². The first kappa shape index (κ1) is 23.5. The molecule has 6 nitrogen and oxygen atoms in total. The Bertz CT molecular complexity index is 1410. The number of H-pyrrole nitrogens is 1. The van der Waals surface area contributed by atoms with Crippen LogP contribution in [0.25, 0.3) is 31.4 Å². The first-order valence-electron chi connectivity index (χ1n) is 13.2. The van der Waals surface area contributed by atoms with Crippen LogP contribution < -0.4 is 4.90 Å². The molecule has 0 spiro atoms. The summed E-state index contributed by atoms with van der Waals surface area (Å²) in [4.78, 5) is 16.5. The van der Waals surface area contributed by atoms with Crippen molar-refractivity contribution < 1.29 is 13.5 Å². The number of aromatic amines is 1. The van der Waals surface area contributed by atoms with E-state index in [-0.39, 0.29) is 19.1 Å². The highest BCUT2D eigenvalue weighted by molar-refractivity contribution is 7.22. The van der Waals surface area contributed by atoms with Gasteiger partial charge in [0.1, 0.15) is 5.82 Å². The highest BCUT2D eigenvalue weighted by Gasteiger charge is 2.46. The predicted octanol–water partition coefficient (Wildman–Crippen LogP) is 5.20. The predicted molar refractivity (Wildman–Crippen MR) is 145 cm³/mol. The van der Waals surface area contributed by atoms with Crippen LogP contribution in [-0.4, -0.2) is 84.2 Å². The molecule has 3 aromatic heterocycles. The van der Waals surface area contributed by atoms with E-state index in [9.17, 15) is 8.78 Å². The smallest absolute Gasteiger partial charge is 0.272 e. The van der Waals surface area contributed by atoms with Gasteiger partial charge >= 0.3 is 0 Å². The second-order valence-corrected chi connectivity index (χ2v) is 11.7. The zero-order valence-corrected chi connectivity index (χ0v) is 21.6. The van der Waals surface area contributed by atoms with E-state index < -0.39 is 5.92 Å². The number of rotatable bonds is 5. The van der Waals surface area contributed by atoms with Gasteiger partial charge in [-0.05, 0) is 37.1 Å². The molecule has 37 heavy (non-hydrogen) atoms. The Labute approximate surface area is 218 Å². The number of morpholine rings is 1. The number of likely N-dealkylation sites (tertiary alicyclic amines) is 2. The SMILES string of the molecule is FC1(F)CN(C2CCN(Cc3cc4sc(-c5cccc6[nH]ccc56)cc4c(N4CCOCC4)n3)CC2)C1. The number of pyridine rings is 1. The Morgan fingerprint density at radius 3 is 2.62 bits per heavy atom. The number of fused-ring (bicyclic) bond motifs is 2. The molecule has 7 rings (SSSR count). The van der Waals surface area contributed by atoms with Crippen molar-refractivity contribution in [3.8, 4) is 10.4 Å². The number of anilines is 1. The molecule has 0 amide bonds. The maximum absolute atomic E-state index is 13.3. The Morgan fingerprint density at radius 2 is 1.84 bits per heavy atom. The van der Waals surface area contributed by atoms with Crippen LogP contribution in [0.2, 0.25) is 0 Å². The second-order valence-electron chi connectivity index (χ2n) is 10.6. The van der Waals surface area contributed by atoms with Gasteiger partial charge in [-0.1, -0.05) is 12.1 Å². The van der Waals surface area contributed by atoms with Gasteiger partial charge < -0.3 is 14.6 Å². The van der Waals surface area contributed by atoms with Gasteiger partial charge in [0.05, 0.1) is 32.0 Å². The number of ether oxygens (including phenoxy) is 1. The van der Waals surface area contributed by atoms with E-state index >= 15 is 0 Å². The first-order valence-corrected chi connectivity index (χ1v) is 14.0. The molecule has 0 atom stereocenters.